The first-order chi connectivity index (χ1) is 10.4. The molecule has 1 saturated carbocycles. The number of hydrogen-bond acceptors (Lipinski definition) is 2. The Morgan fingerprint density at radius 2 is 1.19 bits per heavy atom. The highest BCUT2D eigenvalue weighted by atomic mass is 15.2. The maximum absolute atomic E-state index is 5.86. The largest absolute Gasteiger partial charge is 0.330 e. The topological polar surface area (TPSA) is 29.3 Å². The second-order valence-electron chi connectivity index (χ2n) is 7.38. The number of piperidine rings is 1. The molecule has 0 aromatic carbocycles. The van der Waals surface area contributed by atoms with Gasteiger partial charge in [-0.25, -0.2) is 0 Å². The van der Waals surface area contributed by atoms with Crippen LogP contribution in [-0.2, 0) is 0 Å². The molecule has 0 spiro atoms. The molecule has 2 heteroatoms. The van der Waals surface area contributed by atoms with Gasteiger partial charge in [0.05, 0.1) is 0 Å². The van der Waals surface area contributed by atoms with Crippen molar-refractivity contribution >= 4 is 0 Å². The molecule has 1 aliphatic carbocycles. The lowest BCUT2D eigenvalue weighted by Crippen LogP contribution is -2.47. The SMILES string of the molecule is NCCC1CCCCN1C1CCCCCCCCCCC1. The molecule has 1 atom stereocenters. The fourth-order valence-corrected chi connectivity index (χ4v) is 4.48. The maximum Gasteiger partial charge on any atom is 0.0110 e. The van der Waals surface area contributed by atoms with Gasteiger partial charge in [0.25, 0.3) is 0 Å². The summed E-state index contributed by atoms with van der Waals surface area (Å²) in [6.07, 6.45) is 21.6. The molecule has 0 amide bonds. The first-order valence-electron chi connectivity index (χ1n) is 9.87. The van der Waals surface area contributed by atoms with Crippen molar-refractivity contribution in [2.75, 3.05) is 13.1 Å². The Morgan fingerprint density at radius 3 is 1.76 bits per heavy atom. The summed E-state index contributed by atoms with van der Waals surface area (Å²) in [6.45, 7) is 2.21. The van der Waals surface area contributed by atoms with Crippen molar-refractivity contribution in [1.29, 1.82) is 0 Å². The van der Waals surface area contributed by atoms with Crippen molar-refractivity contribution < 1.29 is 0 Å². The van der Waals surface area contributed by atoms with Crippen LogP contribution in [-0.4, -0.2) is 30.1 Å². The van der Waals surface area contributed by atoms with E-state index >= 15 is 0 Å². The summed E-state index contributed by atoms with van der Waals surface area (Å²) in [5.74, 6) is 0. The molecule has 0 bridgehead atoms. The van der Waals surface area contributed by atoms with Crippen LogP contribution >= 0.6 is 0 Å². The molecule has 1 aliphatic heterocycles. The molecule has 2 fully saturated rings. The average Bonchev–Trinajstić information content (AvgIpc) is 2.49. The first-order valence-corrected chi connectivity index (χ1v) is 9.87. The number of rotatable bonds is 3. The highest BCUT2D eigenvalue weighted by Gasteiger charge is 2.27. The molecule has 0 radical (unpaired) electrons. The zero-order valence-electron chi connectivity index (χ0n) is 14.2. The van der Waals surface area contributed by atoms with Crippen LogP contribution in [0.5, 0.6) is 0 Å². The van der Waals surface area contributed by atoms with Crippen molar-refractivity contribution in [3.63, 3.8) is 0 Å². The highest BCUT2D eigenvalue weighted by molar-refractivity contribution is 4.83. The lowest BCUT2D eigenvalue weighted by molar-refractivity contribution is 0.0768. The zero-order chi connectivity index (χ0) is 14.8. The summed E-state index contributed by atoms with van der Waals surface area (Å²) in [7, 11) is 0. The molecule has 124 valence electrons. The van der Waals surface area contributed by atoms with Crippen molar-refractivity contribution in [1.82, 2.24) is 4.90 Å². The fourth-order valence-electron chi connectivity index (χ4n) is 4.48. The van der Waals surface area contributed by atoms with Gasteiger partial charge in [-0.1, -0.05) is 64.2 Å². The minimum Gasteiger partial charge on any atom is -0.330 e. The van der Waals surface area contributed by atoms with Gasteiger partial charge in [0.15, 0.2) is 0 Å². The molecule has 1 unspecified atom stereocenters. The Hall–Kier alpha value is -0.0800. The lowest BCUT2D eigenvalue weighted by atomic mass is 9.91. The summed E-state index contributed by atoms with van der Waals surface area (Å²) < 4.78 is 0. The van der Waals surface area contributed by atoms with Gasteiger partial charge in [-0.2, -0.15) is 0 Å². The molecule has 2 N–H and O–H groups in total. The van der Waals surface area contributed by atoms with E-state index in [-0.39, 0.29) is 0 Å². The molecular formula is C19H38N2. The van der Waals surface area contributed by atoms with E-state index in [1.54, 1.807) is 0 Å². The smallest absolute Gasteiger partial charge is 0.0110 e. The van der Waals surface area contributed by atoms with Crippen LogP contribution in [0, 0.1) is 0 Å². The summed E-state index contributed by atoms with van der Waals surface area (Å²) in [5, 5.41) is 0. The zero-order valence-corrected chi connectivity index (χ0v) is 14.2. The van der Waals surface area contributed by atoms with Crippen LogP contribution in [0.3, 0.4) is 0 Å². The van der Waals surface area contributed by atoms with Gasteiger partial charge in [0, 0.05) is 12.1 Å². The normalized spacial score (nSPS) is 28.7. The summed E-state index contributed by atoms with van der Waals surface area (Å²) in [6, 6.07) is 1.66. The Morgan fingerprint density at radius 1 is 0.667 bits per heavy atom. The van der Waals surface area contributed by atoms with E-state index in [1.807, 2.05) is 0 Å². The molecule has 1 heterocycles. The second kappa shape index (κ2) is 10.6. The monoisotopic (exact) mass is 294 g/mol. The minimum atomic E-state index is 0.793. The third-order valence-electron chi connectivity index (χ3n) is 5.72. The number of likely N-dealkylation sites (tertiary alicyclic amines) is 1. The Kier molecular flexibility index (Phi) is 8.73. The Labute approximate surface area is 132 Å². The van der Waals surface area contributed by atoms with Crippen LogP contribution in [0.25, 0.3) is 0 Å². The molecular weight excluding hydrogens is 256 g/mol. The van der Waals surface area contributed by atoms with Crippen LogP contribution in [0.4, 0.5) is 0 Å². The van der Waals surface area contributed by atoms with E-state index in [1.165, 1.54) is 103 Å². The average molecular weight is 295 g/mol. The summed E-state index contributed by atoms with van der Waals surface area (Å²) in [4.78, 5) is 2.88. The number of nitrogens with two attached hydrogens (primary N) is 1. The van der Waals surface area contributed by atoms with E-state index in [0.717, 1.165) is 18.6 Å². The number of hydrogen-bond donors (Lipinski definition) is 1. The summed E-state index contributed by atoms with van der Waals surface area (Å²) >= 11 is 0. The standard InChI is InChI=1S/C19H38N2/c20-16-15-19-14-10-11-17-21(19)18-12-8-6-4-2-1-3-5-7-9-13-18/h18-19H,1-17,20H2. The Balaban J connectivity index is 1.88. The first kappa shape index (κ1) is 17.3. The van der Waals surface area contributed by atoms with Crippen LogP contribution in [0.2, 0.25) is 0 Å². The van der Waals surface area contributed by atoms with Gasteiger partial charge in [0.1, 0.15) is 0 Å². The maximum atomic E-state index is 5.86. The number of nitrogens with zero attached hydrogens (tertiary/aromatic N) is 1. The van der Waals surface area contributed by atoms with Gasteiger partial charge in [-0.05, 0) is 45.2 Å². The van der Waals surface area contributed by atoms with Gasteiger partial charge in [-0.3, -0.25) is 4.90 Å². The van der Waals surface area contributed by atoms with Crippen molar-refractivity contribution in [2.45, 2.75) is 108 Å². The van der Waals surface area contributed by atoms with Crippen LogP contribution in [0.15, 0.2) is 0 Å². The van der Waals surface area contributed by atoms with Crippen molar-refractivity contribution in [2.24, 2.45) is 5.73 Å². The fraction of sp³-hybridized carbons (Fsp3) is 1.00. The molecule has 1 saturated heterocycles. The third-order valence-corrected chi connectivity index (χ3v) is 5.72. The van der Waals surface area contributed by atoms with Gasteiger partial charge in [0.2, 0.25) is 0 Å². The molecule has 21 heavy (non-hydrogen) atoms. The van der Waals surface area contributed by atoms with Gasteiger partial charge < -0.3 is 5.73 Å². The highest BCUT2D eigenvalue weighted by Crippen LogP contribution is 2.27. The molecule has 0 aromatic rings. The predicted molar refractivity (Wildman–Crippen MR) is 92.6 cm³/mol. The van der Waals surface area contributed by atoms with Crippen LogP contribution < -0.4 is 5.73 Å². The van der Waals surface area contributed by atoms with E-state index in [0.29, 0.717) is 0 Å². The molecule has 2 rings (SSSR count). The van der Waals surface area contributed by atoms with Gasteiger partial charge >= 0.3 is 0 Å². The van der Waals surface area contributed by atoms with E-state index in [9.17, 15) is 0 Å². The second-order valence-corrected chi connectivity index (χ2v) is 7.38. The van der Waals surface area contributed by atoms with E-state index in [2.05, 4.69) is 4.90 Å². The lowest BCUT2D eigenvalue weighted by Gasteiger charge is -2.42. The minimum absolute atomic E-state index is 0.793. The Bertz CT molecular complexity index is 240. The quantitative estimate of drug-likeness (QED) is 0.805. The molecule has 2 nitrogen and oxygen atoms in total. The van der Waals surface area contributed by atoms with Crippen molar-refractivity contribution in [3.05, 3.63) is 0 Å². The van der Waals surface area contributed by atoms with Crippen molar-refractivity contribution in [3.8, 4) is 0 Å². The predicted octanol–water partition coefficient (Wildman–Crippen LogP) is 4.86. The molecule has 0 aromatic heterocycles. The molecule has 2 aliphatic rings. The van der Waals surface area contributed by atoms with E-state index < -0.39 is 0 Å². The summed E-state index contributed by atoms with van der Waals surface area (Å²) in [5.41, 5.74) is 5.86. The van der Waals surface area contributed by atoms with Crippen LogP contribution in [0.1, 0.15) is 96.3 Å². The van der Waals surface area contributed by atoms with E-state index in [4.69, 9.17) is 5.73 Å². The third kappa shape index (κ3) is 6.28. The van der Waals surface area contributed by atoms with Gasteiger partial charge in [-0.15, -0.1) is 0 Å².